The van der Waals surface area contributed by atoms with Crippen LogP contribution in [0.25, 0.3) is 10.9 Å². The summed E-state index contributed by atoms with van der Waals surface area (Å²) in [6.45, 7) is 8.41. The van der Waals surface area contributed by atoms with Crippen LogP contribution >= 0.6 is 20.2 Å². The van der Waals surface area contributed by atoms with Crippen molar-refractivity contribution in [3.63, 3.8) is 0 Å². The fourth-order valence-electron chi connectivity index (χ4n) is 3.19. The molecule has 2 aromatic rings. The highest BCUT2D eigenvalue weighted by Gasteiger charge is 2.44. The first-order valence-electron chi connectivity index (χ1n) is 9.71. The molecule has 3 atom stereocenters. The molecule has 0 amide bonds. The molecule has 0 saturated carbocycles. The molecule has 1 heterocycles. The molecule has 0 fully saturated rings. The van der Waals surface area contributed by atoms with Gasteiger partial charge in [-0.25, -0.2) is 4.98 Å². The average Bonchev–Trinajstić information content (AvgIpc) is 2.69. The zero-order chi connectivity index (χ0) is 20.6. The maximum Gasteiger partial charge on any atom is 0.312 e. The second-order valence-corrected chi connectivity index (χ2v) is 9.28. The minimum Gasteiger partial charge on any atom is -0.466 e. The third-order valence-corrected chi connectivity index (χ3v) is 7.09. The summed E-state index contributed by atoms with van der Waals surface area (Å²) in [5.41, 5.74) is 0.910. The van der Waals surface area contributed by atoms with Crippen LogP contribution in [-0.2, 0) is 18.8 Å². The summed E-state index contributed by atoms with van der Waals surface area (Å²) < 4.78 is 23.7. The van der Waals surface area contributed by atoms with E-state index in [1.165, 1.54) is 11.8 Å². The number of esters is 1. The lowest BCUT2D eigenvalue weighted by Gasteiger charge is -2.35. The maximum atomic E-state index is 12.7. The summed E-state index contributed by atoms with van der Waals surface area (Å²) in [5, 5.41) is 0.855. The van der Waals surface area contributed by atoms with Gasteiger partial charge in [-0.1, -0.05) is 38.1 Å². The summed E-state index contributed by atoms with van der Waals surface area (Å²) in [4.78, 5) is 17.4. The number of fused-ring (bicyclic) bond motifs is 1. The van der Waals surface area contributed by atoms with Crippen molar-refractivity contribution in [3.8, 4) is 0 Å². The molecule has 2 rings (SSSR count). The highest BCUT2D eigenvalue weighted by molar-refractivity contribution is 7.99. The van der Waals surface area contributed by atoms with Crippen molar-refractivity contribution in [1.82, 2.24) is 4.98 Å². The van der Waals surface area contributed by atoms with Crippen molar-refractivity contribution < 1.29 is 18.8 Å². The van der Waals surface area contributed by atoms with Gasteiger partial charge in [0.25, 0.3) is 0 Å². The van der Waals surface area contributed by atoms with E-state index in [9.17, 15) is 9.36 Å². The molecule has 154 valence electrons. The first-order chi connectivity index (χ1) is 13.5. The summed E-state index contributed by atoms with van der Waals surface area (Å²) in [6.07, 6.45) is 0.569. The monoisotopic (exact) mass is 423 g/mol. The normalized spacial score (nSPS) is 15.2. The fourth-order valence-corrected chi connectivity index (χ4v) is 5.36. The lowest BCUT2D eigenvalue weighted by molar-refractivity contribution is -0.156. The van der Waals surface area contributed by atoms with Crippen molar-refractivity contribution in [2.45, 2.75) is 44.5 Å². The van der Waals surface area contributed by atoms with E-state index < -0.39 is 19.7 Å². The third-order valence-electron chi connectivity index (χ3n) is 4.50. The van der Waals surface area contributed by atoms with Crippen LogP contribution < -0.4 is 0 Å². The van der Waals surface area contributed by atoms with Crippen LogP contribution in [0, 0.1) is 11.8 Å². The van der Waals surface area contributed by atoms with Crippen molar-refractivity contribution >= 4 is 37.1 Å². The van der Waals surface area contributed by atoms with Gasteiger partial charge in [-0.2, -0.15) is 0 Å². The average molecular weight is 424 g/mol. The molecule has 0 radical (unpaired) electrons. The molecule has 0 aliphatic rings. The van der Waals surface area contributed by atoms with Gasteiger partial charge in [-0.3, -0.25) is 4.79 Å². The van der Waals surface area contributed by atoms with E-state index in [1.54, 1.807) is 6.92 Å². The maximum absolute atomic E-state index is 12.7. The lowest BCUT2D eigenvalue weighted by Crippen LogP contribution is -2.44. The number of aromatic nitrogens is 1. The standard InChI is InChI=1S/C21H30NO4PS/c1-5-25-20(23)17(13-15(3)4)21(27-24,26-6-2)14-28-19-12-11-16-9-7-8-10-18(16)22-19/h7-12,15,17H,5-6,13-14,27H2,1-4H3. The van der Waals surface area contributed by atoms with Crippen LogP contribution in [0.1, 0.15) is 34.1 Å². The number of carbonyl (C=O) groups is 1. The molecule has 0 bridgehead atoms. The topological polar surface area (TPSA) is 65.5 Å². The molecule has 3 unspecified atom stereocenters. The lowest BCUT2D eigenvalue weighted by atomic mass is 9.92. The fraction of sp³-hybridized carbons (Fsp3) is 0.524. The summed E-state index contributed by atoms with van der Waals surface area (Å²) in [5.74, 6) is -0.252. The number of hydrogen-bond acceptors (Lipinski definition) is 6. The van der Waals surface area contributed by atoms with E-state index >= 15 is 0 Å². The van der Waals surface area contributed by atoms with Gasteiger partial charge >= 0.3 is 5.97 Å². The number of rotatable bonds is 11. The van der Waals surface area contributed by atoms with Crippen molar-refractivity contribution in [2.75, 3.05) is 19.0 Å². The van der Waals surface area contributed by atoms with E-state index in [-0.39, 0.29) is 11.9 Å². The minimum atomic E-state index is -1.35. The number of hydrogen-bond donors (Lipinski definition) is 0. The van der Waals surface area contributed by atoms with Crippen LogP contribution in [0.4, 0.5) is 0 Å². The van der Waals surface area contributed by atoms with Crippen molar-refractivity contribution in [1.29, 1.82) is 0 Å². The predicted octanol–water partition coefficient (Wildman–Crippen LogP) is 5.04. The van der Waals surface area contributed by atoms with Gasteiger partial charge < -0.3 is 14.0 Å². The van der Waals surface area contributed by atoms with Gasteiger partial charge in [0.2, 0.25) is 0 Å². The van der Waals surface area contributed by atoms with Gasteiger partial charge in [-0.05, 0) is 38.3 Å². The molecule has 7 heteroatoms. The van der Waals surface area contributed by atoms with E-state index in [0.717, 1.165) is 15.9 Å². The molecule has 28 heavy (non-hydrogen) atoms. The van der Waals surface area contributed by atoms with Gasteiger partial charge in [0, 0.05) is 17.7 Å². The van der Waals surface area contributed by atoms with Crippen LogP contribution in [0.2, 0.25) is 0 Å². The van der Waals surface area contributed by atoms with Gasteiger partial charge in [0.1, 0.15) is 5.34 Å². The van der Waals surface area contributed by atoms with Crippen molar-refractivity contribution in [3.05, 3.63) is 36.4 Å². The van der Waals surface area contributed by atoms with Crippen LogP contribution in [-0.4, -0.2) is 35.3 Å². The van der Waals surface area contributed by atoms with Gasteiger partial charge in [0.05, 0.1) is 31.5 Å². The molecule has 5 nitrogen and oxygen atoms in total. The summed E-state index contributed by atoms with van der Waals surface area (Å²) in [7, 11) is -1.35. The minimum absolute atomic E-state index is 0.254. The van der Waals surface area contributed by atoms with Gasteiger partial charge in [-0.15, -0.1) is 11.8 Å². The number of pyridine rings is 1. The zero-order valence-electron chi connectivity index (χ0n) is 17.0. The highest BCUT2D eigenvalue weighted by Crippen LogP contribution is 2.42. The molecule has 1 aromatic carbocycles. The van der Waals surface area contributed by atoms with Crippen LogP contribution in [0.3, 0.4) is 0 Å². The second-order valence-electron chi connectivity index (χ2n) is 7.07. The number of ether oxygens (including phenoxy) is 2. The Morgan fingerprint density at radius 2 is 1.93 bits per heavy atom. The molecule has 0 aliphatic heterocycles. The number of carbonyl (C=O) groups excluding carboxylic acids is 1. The Labute approximate surface area is 172 Å². The highest BCUT2D eigenvalue weighted by atomic mass is 32.2. The first-order valence-corrected chi connectivity index (χ1v) is 11.7. The molecule has 0 spiro atoms. The Bertz CT molecular complexity index is 801. The number of nitrogens with zero attached hydrogens (tertiary/aromatic N) is 1. The third kappa shape index (κ3) is 5.82. The number of benzene rings is 1. The van der Waals surface area contributed by atoms with E-state index in [2.05, 4.69) is 4.98 Å². The molecular weight excluding hydrogens is 393 g/mol. The Morgan fingerprint density at radius 1 is 1.18 bits per heavy atom. The Balaban J connectivity index is 2.30. The molecule has 0 N–H and O–H groups in total. The largest absolute Gasteiger partial charge is 0.466 e. The Morgan fingerprint density at radius 3 is 2.57 bits per heavy atom. The summed E-state index contributed by atoms with van der Waals surface area (Å²) in [6, 6.07) is 11.9. The van der Waals surface area contributed by atoms with Crippen LogP contribution in [0.5, 0.6) is 0 Å². The quantitative estimate of drug-likeness (QED) is 0.287. The smallest absolute Gasteiger partial charge is 0.312 e. The van der Waals surface area contributed by atoms with Crippen LogP contribution in [0.15, 0.2) is 41.4 Å². The number of thioether (sulfide) groups is 1. The Kier molecular flexibility index (Phi) is 9.00. The number of para-hydroxylation sites is 1. The zero-order valence-corrected chi connectivity index (χ0v) is 19.0. The molecule has 1 aromatic heterocycles. The predicted molar refractivity (Wildman–Crippen MR) is 117 cm³/mol. The molecule has 0 aliphatic carbocycles. The van der Waals surface area contributed by atoms with Gasteiger partial charge in [0.15, 0.2) is 0 Å². The van der Waals surface area contributed by atoms with Crippen molar-refractivity contribution in [2.24, 2.45) is 11.8 Å². The summed E-state index contributed by atoms with van der Waals surface area (Å²) >= 11 is 1.47. The Hall–Kier alpha value is -1.36. The first kappa shape index (κ1) is 22.9. The molecule has 0 saturated heterocycles. The molecular formula is C21H30NO4PS. The van der Waals surface area contributed by atoms with E-state index in [0.29, 0.717) is 25.4 Å². The SMILES string of the molecule is CCOC(=O)C(CC(C)C)C(CSc1ccc2ccccc2n1)(OCC)[PH2]=O. The van der Waals surface area contributed by atoms with E-state index in [4.69, 9.17) is 9.47 Å². The van der Waals surface area contributed by atoms with E-state index in [1.807, 2.05) is 57.2 Å². The second kappa shape index (κ2) is 11.0.